The number of nitrogens with one attached hydrogen (secondary N) is 1. The van der Waals surface area contributed by atoms with Crippen LogP contribution in [0.1, 0.15) is 96.8 Å². The molecular formula is C24H48N3O2+. The number of hydrogen-bond donors (Lipinski definition) is 1. The molecular weight excluding hydrogens is 362 g/mol. The van der Waals surface area contributed by atoms with Crippen molar-refractivity contribution in [2.75, 3.05) is 34.2 Å². The third-order valence-corrected chi connectivity index (χ3v) is 5.04. The lowest BCUT2D eigenvalue weighted by molar-refractivity contribution is -0.864. The highest BCUT2D eigenvalue weighted by molar-refractivity contribution is 5.65. The Balaban J connectivity index is 0.000000828. The molecule has 1 N–H and O–H groups in total. The Morgan fingerprint density at radius 3 is 1.59 bits per heavy atom. The number of unbranched alkanes of at least 4 members (excludes halogenated alkanes) is 13. The highest BCUT2D eigenvalue weighted by Gasteiger charge is 2.05. The molecule has 1 heterocycles. The minimum absolute atomic E-state index is 0.0694. The van der Waals surface area contributed by atoms with Gasteiger partial charge in [0.05, 0.1) is 39.9 Å². The maximum absolute atomic E-state index is 9.89. The molecule has 0 aromatic rings. The number of carboxylic acids is 1. The molecule has 1 unspecified atom stereocenters. The number of carbonyl (C=O) groups is 1. The fourth-order valence-corrected chi connectivity index (χ4v) is 3.38. The average molecular weight is 411 g/mol. The summed E-state index contributed by atoms with van der Waals surface area (Å²) in [5.41, 5.74) is 0. The van der Waals surface area contributed by atoms with Gasteiger partial charge in [0.25, 0.3) is 0 Å². The van der Waals surface area contributed by atoms with Crippen LogP contribution >= 0.6 is 0 Å². The van der Waals surface area contributed by atoms with E-state index in [1.54, 1.807) is 21.1 Å². The molecule has 1 rings (SSSR count). The fourth-order valence-electron chi connectivity index (χ4n) is 3.38. The second-order valence-corrected chi connectivity index (χ2v) is 9.34. The molecule has 0 radical (unpaired) electrons. The van der Waals surface area contributed by atoms with Gasteiger partial charge in [-0.25, -0.2) is 4.99 Å². The number of nitrogens with zero attached hydrogens (tertiary/aromatic N) is 2. The van der Waals surface area contributed by atoms with Gasteiger partial charge in [-0.2, -0.15) is 0 Å². The molecule has 0 spiro atoms. The molecule has 0 aliphatic carbocycles. The molecule has 0 aromatic carbocycles. The number of aliphatic imine (C=N–C) groups is 1. The highest BCUT2D eigenvalue weighted by Crippen LogP contribution is 2.12. The molecule has 1 atom stereocenters. The van der Waals surface area contributed by atoms with Gasteiger partial charge in [-0.05, 0) is 12.8 Å². The zero-order valence-corrected chi connectivity index (χ0v) is 19.8. The SMILES string of the molecule is CCCCCCCCCCCCCCCC[NH+]1C=CN=C1.C[N+](C)(C)CC(=O)[O-]. The van der Waals surface area contributed by atoms with E-state index in [4.69, 9.17) is 0 Å². The third kappa shape index (κ3) is 22.9. The number of carboxylic acid groups (broad SMARTS) is 1. The first kappa shape index (κ1) is 27.8. The Hall–Kier alpha value is -1.20. The lowest BCUT2D eigenvalue weighted by Crippen LogP contribution is -3.05. The van der Waals surface area contributed by atoms with Gasteiger partial charge >= 0.3 is 0 Å². The highest BCUT2D eigenvalue weighted by atomic mass is 16.4. The van der Waals surface area contributed by atoms with Crippen molar-refractivity contribution in [1.29, 1.82) is 0 Å². The summed E-state index contributed by atoms with van der Waals surface area (Å²) in [6.45, 7) is 3.58. The van der Waals surface area contributed by atoms with Crippen molar-refractivity contribution in [2.24, 2.45) is 4.99 Å². The van der Waals surface area contributed by atoms with Crippen LogP contribution < -0.4 is 10.0 Å². The Kier molecular flexibility index (Phi) is 18.0. The standard InChI is InChI=1S/C19H36N2.C5H11NO2/c1-2-3-4-5-6-7-8-9-10-11-12-13-14-15-17-21-18-16-20-19-21;1-6(2,3)4-5(7)8/h16,18-19H,2-15,17H2,1H3;4H2,1-3H3/p+1. The van der Waals surface area contributed by atoms with Crippen LogP contribution in [0.2, 0.25) is 0 Å². The maximum Gasteiger partial charge on any atom is 0.193 e. The summed E-state index contributed by atoms with van der Waals surface area (Å²) in [4.78, 5) is 15.4. The van der Waals surface area contributed by atoms with Gasteiger partial charge in [0.2, 0.25) is 0 Å². The van der Waals surface area contributed by atoms with Crippen LogP contribution in [0.5, 0.6) is 0 Å². The molecule has 170 valence electrons. The van der Waals surface area contributed by atoms with Gasteiger partial charge in [-0.3, -0.25) is 4.90 Å². The predicted octanol–water partition coefficient (Wildman–Crippen LogP) is 3.31. The van der Waals surface area contributed by atoms with Crippen molar-refractivity contribution in [3.8, 4) is 0 Å². The van der Waals surface area contributed by atoms with Gasteiger partial charge in [0.15, 0.2) is 6.34 Å². The van der Waals surface area contributed by atoms with E-state index in [-0.39, 0.29) is 6.54 Å². The molecule has 0 fully saturated rings. The second kappa shape index (κ2) is 18.8. The van der Waals surface area contributed by atoms with E-state index in [9.17, 15) is 9.90 Å². The number of aliphatic carboxylic acids is 1. The first-order chi connectivity index (χ1) is 13.8. The molecule has 29 heavy (non-hydrogen) atoms. The van der Waals surface area contributed by atoms with Crippen molar-refractivity contribution in [1.82, 2.24) is 0 Å². The van der Waals surface area contributed by atoms with E-state index in [0.29, 0.717) is 4.48 Å². The van der Waals surface area contributed by atoms with E-state index in [0.717, 1.165) is 0 Å². The van der Waals surface area contributed by atoms with Crippen molar-refractivity contribution in [3.05, 3.63) is 12.4 Å². The third-order valence-electron chi connectivity index (χ3n) is 5.04. The number of rotatable bonds is 17. The molecule has 0 bridgehead atoms. The van der Waals surface area contributed by atoms with E-state index in [1.807, 2.05) is 12.5 Å². The summed E-state index contributed by atoms with van der Waals surface area (Å²) in [6.07, 6.45) is 26.1. The Bertz CT molecular complexity index is 430. The molecule has 0 aromatic heterocycles. The Morgan fingerprint density at radius 1 is 0.828 bits per heavy atom. The van der Waals surface area contributed by atoms with Gasteiger partial charge < -0.3 is 14.4 Å². The van der Waals surface area contributed by atoms with E-state index < -0.39 is 5.97 Å². The quantitative estimate of drug-likeness (QED) is 0.295. The summed E-state index contributed by atoms with van der Waals surface area (Å²) in [5, 5.41) is 9.89. The Morgan fingerprint density at radius 2 is 1.28 bits per heavy atom. The number of likely N-dealkylation sites (N-methyl/N-ethyl adjacent to an activating group) is 1. The van der Waals surface area contributed by atoms with Crippen LogP contribution in [0.25, 0.3) is 0 Å². The van der Waals surface area contributed by atoms with Gasteiger partial charge in [-0.1, -0.05) is 84.0 Å². The van der Waals surface area contributed by atoms with Crippen LogP contribution in [-0.4, -0.2) is 51.0 Å². The van der Waals surface area contributed by atoms with Crippen molar-refractivity contribution in [2.45, 2.75) is 96.8 Å². The first-order valence-corrected chi connectivity index (χ1v) is 11.9. The van der Waals surface area contributed by atoms with Gasteiger partial charge in [0, 0.05) is 0 Å². The lowest BCUT2D eigenvalue weighted by Gasteiger charge is -2.23. The number of hydrogen-bond acceptors (Lipinski definition) is 3. The average Bonchev–Trinajstić information content (AvgIpc) is 3.14. The molecule has 0 saturated carbocycles. The zero-order chi connectivity index (χ0) is 21.8. The monoisotopic (exact) mass is 410 g/mol. The predicted molar refractivity (Wildman–Crippen MR) is 122 cm³/mol. The first-order valence-electron chi connectivity index (χ1n) is 11.9. The van der Waals surface area contributed by atoms with Crippen LogP contribution in [-0.2, 0) is 4.79 Å². The minimum atomic E-state index is -1.00. The summed E-state index contributed by atoms with van der Waals surface area (Å²) < 4.78 is 0.419. The summed E-state index contributed by atoms with van der Waals surface area (Å²) in [6, 6.07) is 0. The normalized spacial score (nSPS) is 15.4. The molecule has 5 nitrogen and oxygen atoms in total. The summed E-state index contributed by atoms with van der Waals surface area (Å²) >= 11 is 0. The van der Waals surface area contributed by atoms with Gasteiger partial charge in [-0.15, -0.1) is 0 Å². The number of carbonyl (C=O) groups excluding carboxylic acids is 1. The number of quaternary nitrogens is 2. The maximum atomic E-state index is 9.89. The Labute approximate surface area is 180 Å². The fraction of sp³-hybridized carbons (Fsp3) is 0.833. The second-order valence-electron chi connectivity index (χ2n) is 9.34. The van der Waals surface area contributed by atoms with Crippen LogP contribution in [0.3, 0.4) is 0 Å². The zero-order valence-electron chi connectivity index (χ0n) is 19.8. The van der Waals surface area contributed by atoms with Crippen molar-refractivity contribution in [3.63, 3.8) is 0 Å². The topological polar surface area (TPSA) is 56.9 Å². The van der Waals surface area contributed by atoms with E-state index in [1.165, 1.54) is 101 Å². The van der Waals surface area contributed by atoms with Crippen LogP contribution in [0.4, 0.5) is 0 Å². The largest absolute Gasteiger partial charge is 0.544 e. The molecule has 0 saturated heterocycles. The van der Waals surface area contributed by atoms with E-state index in [2.05, 4.69) is 18.1 Å². The van der Waals surface area contributed by atoms with Crippen molar-refractivity contribution >= 4 is 12.3 Å². The summed E-state index contributed by atoms with van der Waals surface area (Å²) in [5.74, 6) is -1.00. The molecule has 5 heteroatoms. The van der Waals surface area contributed by atoms with Gasteiger partial charge in [0.1, 0.15) is 12.7 Å². The molecule has 1 aliphatic rings. The van der Waals surface area contributed by atoms with Crippen LogP contribution in [0, 0.1) is 0 Å². The lowest BCUT2D eigenvalue weighted by atomic mass is 10.0. The minimum Gasteiger partial charge on any atom is -0.544 e. The van der Waals surface area contributed by atoms with Crippen molar-refractivity contribution < 1.29 is 19.3 Å². The smallest absolute Gasteiger partial charge is 0.193 e. The van der Waals surface area contributed by atoms with Crippen LogP contribution in [0.15, 0.2) is 17.4 Å². The summed E-state index contributed by atoms with van der Waals surface area (Å²) in [7, 11) is 5.40. The molecule has 1 aliphatic heterocycles. The molecule has 0 amide bonds. The van der Waals surface area contributed by atoms with E-state index >= 15 is 0 Å².